The lowest BCUT2D eigenvalue weighted by molar-refractivity contribution is 0.0753. The highest BCUT2D eigenvalue weighted by molar-refractivity contribution is 5.99. The zero-order valence-electron chi connectivity index (χ0n) is 19.7. The number of benzene rings is 2. The summed E-state index contributed by atoms with van der Waals surface area (Å²) in [6, 6.07) is 18.0. The summed E-state index contributed by atoms with van der Waals surface area (Å²) in [7, 11) is 0. The SMILES string of the molecule is CCN(Cc1ccccc1)C(=O)c1ccccc1N1CCC(NC(=O)NC(C)(C)C)CC1. The third-order valence-corrected chi connectivity index (χ3v) is 5.68. The van der Waals surface area contributed by atoms with E-state index < -0.39 is 0 Å². The number of piperidine rings is 1. The van der Waals surface area contributed by atoms with Crippen LogP contribution >= 0.6 is 0 Å². The molecule has 32 heavy (non-hydrogen) atoms. The second-order valence-corrected chi connectivity index (χ2v) is 9.43. The minimum Gasteiger partial charge on any atom is -0.371 e. The van der Waals surface area contributed by atoms with E-state index in [1.807, 2.05) is 75.1 Å². The molecule has 0 bridgehead atoms. The van der Waals surface area contributed by atoms with E-state index in [0.717, 1.165) is 42.7 Å². The molecule has 0 spiro atoms. The topological polar surface area (TPSA) is 64.7 Å². The van der Waals surface area contributed by atoms with Gasteiger partial charge in [-0.1, -0.05) is 42.5 Å². The van der Waals surface area contributed by atoms with Gasteiger partial charge in [0.05, 0.1) is 5.56 Å². The molecule has 6 nitrogen and oxygen atoms in total. The first-order valence-electron chi connectivity index (χ1n) is 11.5. The maximum atomic E-state index is 13.4. The molecule has 0 saturated carbocycles. The molecule has 172 valence electrons. The van der Waals surface area contributed by atoms with Gasteiger partial charge in [0.15, 0.2) is 0 Å². The molecule has 0 aromatic heterocycles. The van der Waals surface area contributed by atoms with Gasteiger partial charge >= 0.3 is 6.03 Å². The highest BCUT2D eigenvalue weighted by Gasteiger charge is 2.26. The van der Waals surface area contributed by atoms with Crippen molar-refractivity contribution in [2.24, 2.45) is 0 Å². The van der Waals surface area contributed by atoms with E-state index in [1.165, 1.54) is 0 Å². The van der Waals surface area contributed by atoms with Gasteiger partial charge in [0.25, 0.3) is 5.91 Å². The Morgan fingerprint density at radius 3 is 2.25 bits per heavy atom. The number of rotatable bonds is 6. The Kier molecular flexibility index (Phi) is 7.78. The van der Waals surface area contributed by atoms with Crippen LogP contribution in [0.4, 0.5) is 10.5 Å². The lowest BCUT2D eigenvalue weighted by Crippen LogP contribution is -2.52. The van der Waals surface area contributed by atoms with Crippen molar-refractivity contribution in [1.82, 2.24) is 15.5 Å². The molecule has 1 heterocycles. The summed E-state index contributed by atoms with van der Waals surface area (Å²) in [4.78, 5) is 29.8. The van der Waals surface area contributed by atoms with Gasteiger partial charge in [-0.05, 0) is 58.2 Å². The van der Waals surface area contributed by atoms with Crippen LogP contribution < -0.4 is 15.5 Å². The number of carbonyl (C=O) groups is 2. The third-order valence-electron chi connectivity index (χ3n) is 5.68. The van der Waals surface area contributed by atoms with E-state index >= 15 is 0 Å². The summed E-state index contributed by atoms with van der Waals surface area (Å²) in [6.45, 7) is 10.8. The molecule has 2 aromatic rings. The van der Waals surface area contributed by atoms with Crippen LogP contribution in [0.3, 0.4) is 0 Å². The molecule has 0 atom stereocenters. The fraction of sp³-hybridized carbons (Fsp3) is 0.462. The Hall–Kier alpha value is -3.02. The van der Waals surface area contributed by atoms with E-state index in [0.29, 0.717) is 13.1 Å². The molecule has 3 amide bonds. The van der Waals surface area contributed by atoms with Crippen LogP contribution in [0.1, 0.15) is 56.5 Å². The van der Waals surface area contributed by atoms with E-state index in [2.05, 4.69) is 27.7 Å². The number of para-hydroxylation sites is 1. The molecule has 0 unspecified atom stereocenters. The Morgan fingerprint density at radius 2 is 1.62 bits per heavy atom. The van der Waals surface area contributed by atoms with Crippen molar-refractivity contribution in [1.29, 1.82) is 0 Å². The Bertz CT molecular complexity index is 900. The summed E-state index contributed by atoms with van der Waals surface area (Å²) in [5.41, 5.74) is 2.58. The van der Waals surface area contributed by atoms with Crippen LogP contribution in [-0.2, 0) is 6.54 Å². The van der Waals surface area contributed by atoms with Crippen molar-refractivity contribution in [3.8, 4) is 0 Å². The number of urea groups is 1. The summed E-state index contributed by atoms with van der Waals surface area (Å²) < 4.78 is 0. The summed E-state index contributed by atoms with van der Waals surface area (Å²) in [6.07, 6.45) is 1.70. The van der Waals surface area contributed by atoms with Crippen molar-refractivity contribution < 1.29 is 9.59 Å². The average Bonchev–Trinajstić information content (AvgIpc) is 2.77. The molecule has 1 fully saturated rings. The number of carbonyl (C=O) groups excluding carboxylic acids is 2. The number of hydrogen-bond acceptors (Lipinski definition) is 3. The Labute approximate surface area is 192 Å². The first-order valence-corrected chi connectivity index (χ1v) is 11.5. The van der Waals surface area contributed by atoms with Gasteiger partial charge in [0.2, 0.25) is 0 Å². The minimum atomic E-state index is -0.255. The van der Waals surface area contributed by atoms with Crippen LogP contribution in [0.2, 0.25) is 0 Å². The zero-order chi connectivity index (χ0) is 23.1. The maximum absolute atomic E-state index is 13.4. The fourth-order valence-electron chi connectivity index (χ4n) is 4.06. The molecule has 1 saturated heterocycles. The van der Waals surface area contributed by atoms with E-state index in [1.54, 1.807) is 0 Å². The molecule has 1 aliphatic heterocycles. The molecular weight excluding hydrogens is 400 g/mol. The summed E-state index contributed by atoms with van der Waals surface area (Å²) in [5, 5.41) is 6.05. The molecule has 6 heteroatoms. The molecule has 2 aromatic carbocycles. The first-order chi connectivity index (χ1) is 15.3. The zero-order valence-corrected chi connectivity index (χ0v) is 19.7. The molecule has 1 aliphatic rings. The fourth-order valence-corrected chi connectivity index (χ4v) is 4.06. The van der Waals surface area contributed by atoms with Crippen molar-refractivity contribution in [2.75, 3.05) is 24.5 Å². The number of amides is 3. The van der Waals surface area contributed by atoms with Crippen LogP contribution in [0, 0.1) is 0 Å². The molecule has 3 rings (SSSR count). The molecular formula is C26H36N4O2. The van der Waals surface area contributed by atoms with Gasteiger partial charge in [-0.25, -0.2) is 4.79 Å². The van der Waals surface area contributed by atoms with E-state index in [4.69, 9.17) is 0 Å². The minimum absolute atomic E-state index is 0.0526. The van der Waals surface area contributed by atoms with E-state index in [9.17, 15) is 9.59 Å². The smallest absolute Gasteiger partial charge is 0.315 e. The van der Waals surface area contributed by atoms with Crippen LogP contribution in [0.25, 0.3) is 0 Å². The van der Waals surface area contributed by atoms with Gasteiger partial charge in [0, 0.05) is 43.4 Å². The quantitative estimate of drug-likeness (QED) is 0.705. The van der Waals surface area contributed by atoms with Crippen molar-refractivity contribution >= 4 is 17.6 Å². The predicted molar refractivity (Wildman–Crippen MR) is 130 cm³/mol. The van der Waals surface area contributed by atoms with Gasteiger partial charge in [-0.15, -0.1) is 0 Å². The van der Waals surface area contributed by atoms with Gasteiger partial charge in [-0.2, -0.15) is 0 Å². The monoisotopic (exact) mass is 436 g/mol. The number of anilines is 1. The standard InChI is InChI=1S/C26H36N4O2/c1-5-29(19-20-11-7-6-8-12-20)24(31)22-13-9-10-14-23(22)30-17-15-21(16-18-30)27-25(32)28-26(2,3)4/h6-14,21H,5,15-19H2,1-4H3,(H2,27,28,32). The van der Waals surface area contributed by atoms with Crippen LogP contribution in [-0.4, -0.2) is 48.1 Å². The molecule has 0 aliphatic carbocycles. The Balaban J connectivity index is 1.65. The second-order valence-electron chi connectivity index (χ2n) is 9.43. The second kappa shape index (κ2) is 10.5. The van der Waals surface area contributed by atoms with Crippen molar-refractivity contribution in [3.05, 3.63) is 65.7 Å². The van der Waals surface area contributed by atoms with Crippen molar-refractivity contribution in [2.45, 2.75) is 58.7 Å². The Morgan fingerprint density at radius 1 is 1.00 bits per heavy atom. The van der Waals surface area contributed by atoms with Gasteiger partial charge in [0.1, 0.15) is 0 Å². The largest absolute Gasteiger partial charge is 0.371 e. The summed E-state index contributed by atoms with van der Waals surface area (Å²) in [5.74, 6) is 0.0526. The summed E-state index contributed by atoms with van der Waals surface area (Å²) >= 11 is 0. The maximum Gasteiger partial charge on any atom is 0.315 e. The first kappa shape index (κ1) is 23.6. The average molecular weight is 437 g/mol. The lowest BCUT2D eigenvalue weighted by atomic mass is 10.0. The number of nitrogens with one attached hydrogen (secondary N) is 2. The molecule has 2 N–H and O–H groups in total. The molecule has 0 radical (unpaired) electrons. The van der Waals surface area contributed by atoms with Crippen molar-refractivity contribution in [3.63, 3.8) is 0 Å². The van der Waals surface area contributed by atoms with Gasteiger partial charge < -0.3 is 20.4 Å². The van der Waals surface area contributed by atoms with E-state index in [-0.39, 0.29) is 23.5 Å². The third kappa shape index (κ3) is 6.49. The number of hydrogen-bond donors (Lipinski definition) is 2. The number of nitrogens with zero attached hydrogens (tertiary/aromatic N) is 2. The predicted octanol–water partition coefficient (Wildman–Crippen LogP) is 4.42. The van der Waals surface area contributed by atoms with Crippen LogP contribution in [0.5, 0.6) is 0 Å². The van der Waals surface area contributed by atoms with Crippen LogP contribution in [0.15, 0.2) is 54.6 Å². The normalized spacial score (nSPS) is 14.7. The highest BCUT2D eigenvalue weighted by atomic mass is 16.2. The van der Waals surface area contributed by atoms with Gasteiger partial charge in [-0.3, -0.25) is 4.79 Å². The highest BCUT2D eigenvalue weighted by Crippen LogP contribution is 2.26. The lowest BCUT2D eigenvalue weighted by Gasteiger charge is -2.36.